The minimum Gasteiger partial charge on any atom is -0.512 e. The fraction of sp³-hybridized carbons (Fsp3) is 0.160. The van der Waals surface area contributed by atoms with E-state index < -0.39 is 0 Å². The van der Waals surface area contributed by atoms with Gasteiger partial charge in [0, 0.05) is 41.5 Å². The van der Waals surface area contributed by atoms with Gasteiger partial charge in [0.05, 0.1) is 11.3 Å². The molecule has 2 aromatic heterocycles. The van der Waals surface area contributed by atoms with Gasteiger partial charge in [-0.3, -0.25) is 9.78 Å². The van der Waals surface area contributed by atoms with E-state index in [1.165, 1.54) is 35.9 Å². The number of hydrogen-bond acceptors (Lipinski definition) is 5. The van der Waals surface area contributed by atoms with Crippen molar-refractivity contribution in [3.8, 4) is 21.7 Å². The summed E-state index contributed by atoms with van der Waals surface area (Å²) in [5.74, 6) is -0.0625. The van der Waals surface area contributed by atoms with Crippen LogP contribution >= 0.6 is 11.3 Å². The summed E-state index contributed by atoms with van der Waals surface area (Å²) < 4.78 is 1.12. The van der Waals surface area contributed by atoms with Crippen LogP contribution < -0.4 is 0 Å². The summed E-state index contributed by atoms with van der Waals surface area (Å²) in [5, 5.41) is 8.36. The van der Waals surface area contributed by atoms with Gasteiger partial charge in [-0.15, -0.1) is 46.2 Å². The maximum atomic E-state index is 10.0. The second-order valence-electron chi connectivity index (χ2n) is 7.06. The number of aliphatic hydroxyl groups is 1. The Morgan fingerprint density at radius 2 is 1.77 bits per heavy atom. The number of ketones is 1. The van der Waals surface area contributed by atoms with E-state index in [-0.39, 0.29) is 31.6 Å². The Morgan fingerprint density at radius 3 is 2.35 bits per heavy atom. The van der Waals surface area contributed by atoms with E-state index in [1.54, 1.807) is 17.7 Å². The van der Waals surface area contributed by atoms with Crippen molar-refractivity contribution in [2.24, 2.45) is 0 Å². The van der Waals surface area contributed by atoms with Crippen LogP contribution in [0.25, 0.3) is 31.9 Å². The SMILES string of the molecule is CC(=O)/C=C(/C)O.Cc1[c-]c(-c2ncnc3cc(-c4ccccc4)sc23)cc(C)c1.[Ir]. The summed E-state index contributed by atoms with van der Waals surface area (Å²) in [4.78, 5) is 20.2. The number of nitrogens with zero attached hydrogens (tertiary/aromatic N) is 2. The molecule has 0 aliphatic carbocycles. The number of aliphatic hydroxyl groups excluding tert-OH is 1. The monoisotopic (exact) mass is 608 g/mol. The molecule has 0 atom stereocenters. The van der Waals surface area contributed by atoms with Crippen LogP contribution in [0.15, 0.2) is 66.7 Å². The third-order valence-electron chi connectivity index (χ3n) is 4.18. The van der Waals surface area contributed by atoms with Gasteiger partial charge >= 0.3 is 0 Å². The first-order chi connectivity index (χ1) is 14.3. The van der Waals surface area contributed by atoms with Crippen LogP contribution in [0.1, 0.15) is 25.0 Å². The van der Waals surface area contributed by atoms with Gasteiger partial charge < -0.3 is 5.11 Å². The smallest absolute Gasteiger partial charge is 0.155 e. The minimum absolute atomic E-state index is 0. The summed E-state index contributed by atoms with van der Waals surface area (Å²) >= 11 is 1.74. The number of aryl methyl sites for hydroxylation is 2. The second-order valence-corrected chi connectivity index (χ2v) is 8.12. The Labute approximate surface area is 200 Å². The molecule has 1 radical (unpaired) electrons. The Balaban J connectivity index is 0.000000373. The van der Waals surface area contributed by atoms with Crippen molar-refractivity contribution in [3.05, 3.63) is 83.9 Å². The largest absolute Gasteiger partial charge is 0.512 e. The molecule has 0 aliphatic heterocycles. The van der Waals surface area contributed by atoms with Gasteiger partial charge in [-0.1, -0.05) is 44.2 Å². The molecular weight excluding hydrogens is 585 g/mol. The zero-order valence-electron chi connectivity index (χ0n) is 17.8. The molecule has 0 bridgehead atoms. The van der Waals surface area contributed by atoms with Gasteiger partial charge in [0.25, 0.3) is 0 Å². The van der Waals surface area contributed by atoms with Crippen LogP contribution in [0.3, 0.4) is 0 Å². The predicted octanol–water partition coefficient (Wildman–Crippen LogP) is 6.48. The number of allylic oxidation sites excluding steroid dienone is 2. The van der Waals surface area contributed by atoms with Crippen LogP contribution in [0.4, 0.5) is 0 Å². The first-order valence-electron chi connectivity index (χ1n) is 9.52. The predicted molar refractivity (Wildman–Crippen MR) is 124 cm³/mol. The number of rotatable bonds is 3. The third-order valence-corrected chi connectivity index (χ3v) is 5.36. The van der Waals surface area contributed by atoms with Crippen LogP contribution in [0.2, 0.25) is 0 Å². The Hall–Kier alpha value is -2.66. The molecule has 6 heteroatoms. The zero-order chi connectivity index (χ0) is 21.7. The van der Waals surface area contributed by atoms with Gasteiger partial charge in [-0.05, 0) is 25.5 Å². The molecular formula is C25H23IrN2O2S-. The number of carbonyl (C=O) groups is 1. The van der Waals surface area contributed by atoms with Crippen LogP contribution in [-0.2, 0) is 24.9 Å². The molecule has 4 nitrogen and oxygen atoms in total. The summed E-state index contributed by atoms with van der Waals surface area (Å²) in [6.45, 7) is 7.02. The molecule has 0 spiro atoms. The van der Waals surface area contributed by atoms with Gasteiger partial charge in [-0.25, -0.2) is 4.98 Å². The normalized spacial score (nSPS) is 10.8. The summed E-state index contributed by atoms with van der Waals surface area (Å²) in [6.07, 6.45) is 2.81. The van der Waals surface area contributed by atoms with E-state index in [9.17, 15) is 4.79 Å². The van der Waals surface area contributed by atoms with Gasteiger partial charge in [0.2, 0.25) is 0 Å². The van der Waals surface area contributed by atoms with Crippen molar-refractivity contribution in [2.75, 3.05) is 0 Å². The molecule has 2 aromatic carbocycles. The topological polar surface area (TPSA) is 63.1 Å². The minimum atomic E-state index is -0.125. The van der Waals surface area contributed by atoms with E-state index in [1.807, 2.05) is 6.07 Å². The van der Waals surface area contributed by atoms with Gasteiger partial charge in [-0.2, -0.15) is 0 Å². The van der Waals surface area contributed by atoms with Crippen molar-refractivity contribution in [3.63, 3.8) is 0 Å². The van der Waals surface area contributed by atoms with Gasteiger partial charge in [0.15, 0.2) is 5.78 Å². The molecule has 0 aliphatic rings. The molecule has 0 amide bonds. The summed E-state index contributed by atoms with van der Waals surface area (Å²) in [7, 11) is 0. The average Bonchev–Trinajstić information content (AvgIpc) is 3.11. The maximum absolute atomic E-state index is 10.0. The van der Waals surface area contributed by atoms with E-state index in [0.717, 1.165) is 27.0 Å². The van der Waals surface area contributed by atoms with Crippen LogP contribution in [0.5, 0.6) is 0 Å². The molecule has 1 N–H and O–H groups in total. The van der Waals surface area contributed by atoms with Gasteiger partial charge in [0.1, 0.15) is 6.33 Å². The Bertz CT molecular complexity index is 1190. The van der Waals surface area contributed by atoms with Crippen LogP contribution in [0, 0.1) is 19.9 Å². The molecule has 0 unspecified atom stereocenters. The van der Waals surface area contributed by atoms with Crippen molar-refractivity contribution in [1.82, 2.24) is 9.97 Å². The number of carbonyl (C=O) groups excluding carboxylic acids is 1. The molecule has 31 heavy (non-hydrogen) atoms. The second kappa shape index (κ2) is 11.1. The fourth-order valence-electron chi connectivity index (χ4n) is 3.11. The molecule has 0 saturated heterocycles. The van der Waals surface area contributed by atoms with Crippen molar-refractivity contribution in [1.29, 1.82) is 0 Å². The van der Waals surface area contributed by atoms with Crippen LogP contribution in [-0.4, -0.2) is 20.9 Å². The molecule has 0 saturated carbocycles. The molecule has 4 aromatic rings. The number of fused-ring (bicyclic) bond motifs is 1. The van der Waals surface area contributed by atoms with Crippen molar-refractivity contribution in [2.45, 2.75) is 27.7 Å². The first kappa shape index (κ1) is 24.6. The maximum Gasteiger partial charge on any atom is 0.155 e. The zero-order valence-corrected chi connectivity index (χ0v) is 21.0. The number of benzene rings is 2. The number of aromatic nitrogens is 2. The standard InChI is InChI=1S/C20H15N2S.C5H8O2.Ir/c1-13-8-14(2)10-16(9-13)19-20-17(21-12-22-19)11-18(23-20)15-6-4-3-5-7-15;1-4(6)3-5(2)7;/h3-9,11-12H,1-2H3;3,6H,1-2H3;/q-1;;/b;4-3-;. The third kappa shape index (κ3) is 6.66. The molecule has 0 fully saturated rings. The summed E-state index contributed by atoms with van der Waals surface area (Å²) in [5.41, 5.74) is 6.57. The van der Waals surface area contributed by atoms with Crippen molar-refractivity contribution < 1.29 is 30.0 Å². The number of thiophene rings is 1. The Morgan fingerprint density at radius 1 is 1.06 bits per heavy atom. The van der Waals surface area contributed by atoms with E-state index >= 15 is 0 Å². The fourth-order valence-corrected chi connectivity index (χ4v) is 4.23. The van der Waals surface area contributed by atoms with E-state index in [4.69, 9.17) is 5.11 Å². The molecule has 2 heterocycles. The molecule has 161 valence electrons. The Kier molecular flexibility index (Phi) is 8.81. The number of hydrogen-bond donors (Lipinski definition) is 1. The van der Waals surface area contributed by atoms with Crippen molar-refractivity contribution >= 4 is 27.3 Å². The van der Waals surface area contributed by atoms with E-state index in [0.29, 0.717) is 0 Å². The first-order valence-corrected chi connectivity index (χ1v) is 10.3. The average molecular weight is 608 g/mol. The van der Waals surface area contributed by atoms with E-state index in [2.05, 4.69) is 72.3 Å². The quantitative estimate of drug-likeness (QED) is 0.165. The molecule has 4 rings (SSSR count). The summed E-state index contributed by atoms with van der Waals surface area (Å²) in [6, 6.07) is 20.2.